The van der Waals surface area contributed by atoms with Crippen LogP contribution in [0.2, 0.25) is 0 Å². The van der Waals surface area contributed by atoms with Gasteiger partial charge in [-0.25, -0.2) is 0 Å². The van der Waals surface area contributed by atoms with E-state index in [9.17, 15) is 13.2 Å². The molecule has 1 aromatic heterocycles. The van der Waals surface area contributed by atoms with Crippen molar-refractivity contribution in [2.24, 2.45) is 0 Å². The van der Waals surface area contributed by atoms with E-state index < -0.39 is 6.36 Å². The van der Waals surface area contributed by atoms with E-state index in [1.54, 1.807) is 11.8 Å². The van der Waals surface area contributed by atoms with Crippen molar-refractivity contribution in [2.75, 3.05) is 5.32 Å². The highest BCUT2D eigenvalue weighted by Gasteiger charge is 2.30. The fourth-order valence-corrected chi connectivity index (χ4v) is 3.37. The van der Waals surface area contributed by atoms with Gasteiger partial charge in [-0.1, -0.05) is 36.9 Å². The number of rotatable bonds is 5. The summed E-state index contributed by atoms with van der Waals surface area (Å²) in [6.07, 6.45) is -4.68. The molecule has 1 N–H and O–H groups in total. The van der Waals surface area contributed by atoms with Crippen LogP contribution in [0.4, 0.5) is 24.0 Å². The van der Waals surface area contributed by atoms with Gasteiger partial charge in [-0.3, -0.25) is 0 Å². The number of aromatic nitrogens is 2. The first-order chi connectivity index (χ1) is 9.82. The lowest BCUT2D eigenvalue weighted by atomic mass is 10.3. The standard InChI is InChI=1S/C12H12F3N3OS2/c1-7(2)20-11-18-17-10(21-11)16-8-3-5-9(6-4-8)19-12(13,14)15/h3-7H,1-2H3,(H,16,17). The summed E-state index contributed by atoms with van der Waals surface area (Å²) < 4.78 is 40.8. The summed E-state index contributed by atoms with van der Waals surface area (Å²) in [5, 5.41) is 12.0. The number of hydrogen-bond donors (Lipinski definition) is 1. The van der Waals surface area contributed by atoms with Crippen molar-refractivity contribution >= 4 is 33.9 Å². The van der Waals surface area contributed by atoms with Crippen LogP contribution in [0.15, 0.2) is 28.6 Å². The van der Waals surface area contributed by atoms with Crippen LogP contribution >= 0.6 is 23.1 Å². The van der Waals surface area contributed by atoms with Crippen molar-refractivity contribution in [1.29, 1.82) is 0 Å². The molecular weight excluding hydrogens is 323 g/mol. The number of benzene rings is 1. The average molecular weight is 335 g/mol. The largest absolute Gasteiger partial charge is 0.573 e. The Morgan fingerprint density at radius 3 is 2.43 bits per heavy atom. The third-order valence-electron chi connectivity index (χ3n) is 2.08. The van der Waals surface area contributed by atoms with E-state index in [1.807, 2.05) is 0 Å². The fourth-order valence-electron chi connectivity index (χ4n) is 1.37. The second-order valence-corrected chi connectivity index (χ2v) is 7.04. The van der Waals surface area contributed by atoms with Gasteiger partial charge in [0.05, 0.1) is 0 Å². The van der Waals surface area contributed by atoms with Crippen molar-refractivity contribution in [3.63, 3.8) is 0 Å². The number of nitrogens with zero attached hydrogens (tertiary/aromatic N) is 2. The van der Waals surface area contributed by atoms with Crippen LogP contribution in [0, 0.1) is 0 Å². The highest BCUT2D eigenvalue weighted by molar-refractivity contribution is 8.01. The Morgan fingerprint density at radius 1 is 1.19 bits per heavy atom. The monoisotopic (exact) mass is 335 g/mol. The molecule has 0 bridgehead atoms. The van der Waals surface area contributed by atoms with E-state index >= 15 is 0 Å². The molecule has 0 saturated carbocycles. The van der Waals surface area contributed by atoms with Gasteiger partial charge >= 0.3 is 6.36 Å². The summed E-state index contributed by atoms with van der Waals surface area (Å²) in [6, 6.07) is 5.44. The van der Waals surface area contributed by atoms with Gasteiger partial charge in [-0.15, -0.1) is 23.4 Å². The molecule has 0 radical (unpaired) electrons. The molecule has 0 spiro atoms. The Labute approximate surface area is 127 Å². The molecule has 2 rings (SSSR count). The maximum Gasteiger partial charge on any atom is 0.573 e. The first-order valence-corrected chi connectivity index (χ1v) is 7.64. The molecule has 0 amide bonds. The number of anilines is 2. The molecule has 0 unspecified atom stereocenters. The normalized spacial score (nSPS) is 11.7. The van der Waals surface area contributed by atoms with E-state index in [-0.39, 0.29) is 5.75 Å². The number of ether oxygens (including phenoxy) is 1. The first kappa shape index (κ1) is 15.9. The Kier molecular flexibility index (Phi) is 4.94. The van der Waals surface area contributed by atoms with Crippen LogP contribution in [0.3, 0.4) is 0 Å². The molecule has 0 atom stereocenters. The van der Waals surface area contributed by atoms with Crippen LogP contribution in [-0.2, 0) is 0 Å². The zero-order valence-electron chi connectivity index (χ0n) is 11.1. The topological polar surface area (TPSA) is 47.0 Å². The van der Waals surface area contributed by atoms with Gasteiger partial charge in [0.25, 0.3) is 0 Å². The summed E-state index contributed by atoms with van der Waals surface area (Å²) in [6.45, 7) is 4.11. The minimum atomic E-state index is -4.68. The molecule has 0 aliphatic carbocycles. The molecule has 21 heavy (non-hydrogen) atoms. The predicted molar refractivity (Wildman–Crippen MR) is 77.3 cm³/mol. The summed E-state index contributed by atoms with van der Waals surface area (Å²) in [5.74, 6) is -0.263. The second-order valence-electron chi connectivity index (χ2n) is 4.24. The SMILES string of the molecule is CC(C)Sc1nnc(Nc2ccc(OC(F)(F)F)cc2)s1. The molecule has 9 heteroatoms. The number of nitrogens with one attached hydrogen (secondary N) is 1. The second kappa shape index (κ2) is 6.52. The van der Waals surface area contributed by atoms with Gasteiger partial charge in [0.15, 0.2) is 4.34 Å². The summed E-state index contributed by atoms with van der Waals surface area (Å²) in [7, 11) is 0. The van der Waals surface area contributed by atoms with Crippen molar-refractivity contribution in [2.45, 2.75) is 29.8 Å². The zero-order chi connectivity index (χ0) is 15.5. The highest BCUT2D eigenvalue weighted by atomic mass is 32.2. The summed E-state index contributed by atoms with van der Waals surface area (Å²) in [4.78, 5) is 0. The maximum atomic E-state index is 12.0. The van der Waals surface area contributed by atoms with E-state index in [2.05, 4.69) is 34.1 Å². The molecular formula is C12H12F3N3OS2. The van der Waals surface area contributed by atoms with Crippen molar-refractivity contribution in [3.05, 3.63) is 24.3 Å². The van der Waals surface area contributed by atoms with Crippen LogP contribution in [0.25, 0.3) is 0 Å². The van der Waals surface area contributed by atoms with E-state index in [4.69, 9.17) is 0 Å². The Balaban J connectivity index is 1.98. The lowest BCUT2D eigenvalue weighted by molar-refractivity contribution is -0.274. The maximum absolute atomic E-state index is 12.0. The molecule has 114 valence electrons. The summed E-state index contributed by atoms with van der Waals surface area (Å²) in [5.41, 5.74) is 0.613. The van der Waals surface area contributed by atoms with Gasteiger partial charge in [-0.2, -0.15) is 0 Å². The van der Waals surface area contributed by atoms with E-state index in [0.717, 1.165) is 4.34 Å². The van der Waals surface area contributed by atoms with E-state index in [0.29, 0.717) is 16.1 Å². The minimum Gasteiger partial charge on any atom is -0.406 e. The first-order valence-electron chi connectivity index (χ1n) is 5.95. The lowest BCUT2D eigenvalue weighted by Crippen LogP contribution is -2.16. The van der Waals surface area contributed by atoms with Crippen LogP contribution in [-0.4, -0.2) is 21.8 Å². The number of alkyl halides is 3. The molecule has 4 nitrogen and oxygen atoms in total. The molecule has 0 fully saturated rings. The Bertz CT molecular complexity index is 584. The number of thioether (sulfide) groups is 1. The molecule has 0 aliphatic heterocycles. The van der Waals surface area contributed by atoms with Crippen LogP contribution < -0.4 is 10.1 Å². The third-order valence-corrected chi connectivity index (χ3v) is 4.01. The average Bonchev–Trinajstić information content (AvgIpc) is 2.76. The van der Waals surface area contributed by atoms with Crippen molar-refractivity contribution in [3.8, 4) is 5.75 Å². The van der Waals surface area contributed by atoms with Gasteiger partial charge in [0.1, 0.15) is 5.75 Å². The number of hydrogen-bond acceptors (Lipinski definition) is 6. The fraction of sp³-hybridized carbons (Fsp3) is 0.333. The van der Waals surface area contributed by atoms with Crippen LogP contribution in [0.1, 0.15) is 13.8 Å². The predicted octanol–water partition coefficient (Wildman–Crippen LogP) is 4.68. The molecule has 1 heterocycles. The zero-order valence-corrected chi connectivity index (χ0v) is 12.8. The highest BCUT2D eigenvalue weighted by Crippen LogP contribution is 2.31. The van der Waals surface area contributed by atoms with E-state index in [1.165, 1.54) is 35.6 Å². The molecule has 0 aliphatic rings. The van der Waals surface area contributed by atoms with Gasteiger partial charge in [0.2, 0.25) is 5.13 Å². The molecule has 0 saturated heterocycles. The number of halogens is 3. The van der Waals surface area contributed by atoms with Crippen molar-refractivity contribution in [1.82, 2.24) is 10.2 Å². The van der Waals surface area contributed by atoms with Gasteiger partial charge in [-0.05, 0) is 24.3 Å². The van der Waals surface area contributed by atoms with Crippen LogP contribution in [0.5, 0.6) is 5.75 Å². The minimum absolute atomic E-state index is 0.263. The molecule has 1 aromatic carbocycles. The summed E-state index contributed by atoms with van der Waals surface area (Å²) >= 11 is 2.99. The van der Waals surface area contributed by atoms with Gasteiger partial charge < -0.3 is 10.1 Å². The third kappa shape index (κ3) is 5.43. The van der Waals surface area contributed by atoms with Gasteiger partial charge in [0, 0.05) is 10.9 Å². The quantitative estimate of drug-likeness (QED) is 0.804. The Morgan fingerprint density at radius 2 is 1.86 bits per heavy atom. The Hall–Kier alpha value is -1.48. The smallest absolute Gasteiger partial charge is 0.406 e. The lowest BCUT2D eigenvalue weighted by Gasteiger charge is -2.09. The molecule has 2 aromatic rings. The van der Waals surface area contributed by atoms with Crippen molar-refractivity contribution < 1.29 is 17.9 Å².